The molecule has 0 fully saturated rings. The van der Waals surface area contributed by atoms with Gasteiger partial charge in [0.05, 0.1) is 10.1 Å². The second-order valence-corrected chi connectivity index (χ2v) is 8.51. The Hall–Kier alpha value is -1.44. The third-order valence-electron chi connectivity index (χ3n) is 2.74. The Morgan fingerprint density at radius 1 is 1.18 bits per heavy atom. The summed E-state index contributed by atoms with van der Waals surface area (Å²) >= 11 is 6.91. The number of nitrogens with one attached hydrogen (secondary N) is 1. The van der Waals surface area contributed by atoms with Gasteiger partial charge in [-0.1, -0.05) is 23.7 Å². The van der Waals surface area contributed by atoms with Crippen molar-refractivity contribution in [2.24, 2.45) is 0 Å². The highest BCUT2D eigenvalue weighted by Gasteiger charge is 2.18. The minimum Gasteiger partial charge on any atom is -0.351 e. The van der Waals surface area contributed by atoms with Crippen LogP contribution in [-0.2, 0) is 26.9 Å². The van der Waals surface area contributed by atoms with Crippen molar-refractivity contribution in [1.82, 2.24) is 5.32 Å². The number of benzene rings is 1. The minimum absolute atomic E-state index is 0.152. The molecule has 0 aliphatic carbocycles. The second kappa shape index (κ2) is 7.21. The summed E-state index contributed by atoms with van der Waals surface area (Å²) in [4.78, 5) is 12.3. The molecular weight excluding hydrogens is 349 g/mol. The fraction of sp³-hybridized carbons (Fsp3) is 0.214. The van der Waals surface area contributed by atoms with E-state index in [4.69, 9.17) is 11.6 Å². The number of carbonyl (C=O) groups is 1. The van der Waals surface area contributed by atoms with Crippen molar-refractivity contribution in [2.75, 3.05) is 5.75 Å². The molecule has 1 amide bonds. The molecule has 0 bridgehead atoms. The number of thiophene rings is 1. The molecule has 0 spiro atoms. The smallest absolute Gasteiger partial charge is 0.235 e. The van der Waals surface area contributed by atoms with E-state index in [0.29, 0.717) is 14.8 Å². The summed E-state index contributed by atoms with van der Waals surface area (Å²) in [5.74, 6) is -1.77. The molecule has 8 heteroatoms. The van der Waals surface area contributed by atoms with Crippen molar-refractivity contribution >= 4 is 38.7 Å². The van der Waals surface area contributed by atoms with Gasteiger partial charge in [0.25, 0.3) is 0 Å². The average Bonchev–Trinajstić information content (AvgIpc) is 2.82. The zero-order valence-electron chi connectivity index (χ0n) is 11.4. The van der Waals surface area contributed by atoms with Gasteiger partial charge in [-0.05, 0) is 29.8 Å². The highest BCUT2D eigenvalue weighted by Crippen LogP contribution is 2.23. The maximum atomic E-state index is 12.7. The highest BCUT2D eigenvalue weighted by atomic mass is 35.5. The van der Waals surface area contributed by atoms with Crippen LogP contribution in [-0.4, -0.2) is 20.1 Å². The number of halogens is 2. The van der Waals surface area contributed by atoms with E-state index >= 15 is 0 Å². The first kappa shape index (κ1) is 16.9. The minimum atomic E-state index is -3.55. The summed E-state index contributed by atoms with van der Waals surface area (Å²) in [5, 5.41) is 2.50. The first-order chi connectivity index (χ1) is 10.3. The van der Waals surface area contributed by atoms with E-state index in [0.717, 1.165) is 0 Å². The van der Waals surface area contributed by atoms with Crippen LogP contribution in [0.3, 0.4) is 0 Å². The number of hydrogen-bond donors (Lipinski definition) is 1. The van der Waals surface area contributed by atoms with E-state index < -0.39 is 21.5 Å². The number of sulfone groups is 1. The van der Waals surface area contributed by atoms with Crippen LogP contribution in [0.1, 0.15) is 10.4 Å². The molecular formula is C14H13ClFNO3S2. The molecule has 22 heavy (non-hydrogen) atoms. The SMILES string of the molecule is O=C(CS(=O)(=O)Cc1ccc(Cl)s1)NCc1ccc(F)cc1. The van der Waals surface area contributed by atoms with Crippen LogP contribution in [0.4, 0.5) is 4.39 Å². The van der Waals surface area contributed by atoms with Crippen molar-refractivity contribution in [3.63, 3.8) is 0 Å². The standard InChI is InChI=1S/C14H13ClFNO3S2/c15-13-6-5-12(21-13)8-22(19,20)9-14(18)17-7-10-1-3-11(16)4-2-10/h1-6H,7-9H2,(H,17,18). The van der Waals surface area contributed by atoms with E-state index in [2.05, 4.69) is 5.32 Å². The van der Waals surface area contributed by atoms with Crippen LogP contribution in [0, 0.1) is 5.82 Å². The zero-order valence-corrected chi connectivity index (χ0v) is 13.8. The van der Waals surface area contributed by atoms with Crippen molar-refractivity contribution in [3.8, 4) is 0 Å². The molecule has 1 N–H and O–H groups in total. The Bertz CT molecular complexity index is 757. The van der Waals surface area contributed by atoms with Gasteiger partial charge in [0.2, 0.25) is 5.91 Å². The summed E-state index contributed by atoms with van der Waals surface area (Å²) in [7, 11) is -3.55. The van der Waals surface area contributed by atoms with E-state index in [1.807, 2.05) is 0 Å². The first-order valence-corrected chi connectivity index (χ1v) is 9.31. The molecule has 0 radical (unpaired) electrons. The topological polar surface area (TPSA) is 63.2 Å². The summed E-state index contributed by atoms with van der Waals surface area (Å²) in [5.41, 5.74) is 0.692. The van der Waals surface area contributed by atoms with Gasteiger partial charge in [-0.2, -0.15) is 0 Å². The summed E-state index contributed by atoms with van der Waals surface area (Å²) in [6, 6.07) is 8.85. The first-order valence-electron chi connectivity index (χ1n) is 6.30. The fourth-order valence-electron chi connectivity index (χ4n) is 1.75. The normalized spacial score (nSPS) is 11.4. The Labute approximate surface area is 136 Å². The largest absolute Gasteiger partial charge is 0.351 e. The second-order valence-electron chi connectivity index (χ2n) is 4.64. The van der Waals surface area contributed by atoms with Crippen molar-refractivity contribution in [2.45, 2.75) is 12.3 Å². The van der Waals surface area contributed by atoms with Crippen LogP contribution < -0.4 is 5.32 Å². The van der Waals surface area contributed by atoms with Gasteiger partial charge >= 0.3 is 0 Å². The molecule has 4 nitrogen and oxygen atoms in total. The maximum Gasteiger partial charge on any atom is 0.235 e. The van der Waals surface area contributed by atoms with Gasteiger partial charge in [0.15, 0.2) is 9.84 Å². The molecule has 118 valence electrons. The molecule has 1 heterocycles. The lowest BCUT2D eigenvalue weighted by atomic mass is 10.2. The van der Waals surface area contributed by atoms with E-state index in [9.17, 15) is 17.6 Å². The van der Waals surface area contributed by atoms with Crippen LogP contribution in [0.25, 0.3) is 0 Å². The van der Waals surface area contributed by atoms with Crippen molar-refractivity contribution in [3.05, 3.63) is 57.0 Å². The number of amides is 1. The Morgan fingerprint density at radius 2 is 1.86 bits per heavy atom. The zero-order chi connectivity index (χ0) is 16.2. The quantitative estimate of drug-likeness (QED) is 0.860. The molecule has 0 aliphatic rings. The molecule has 0 aliphatic heterocycles. The number of rotatable bonds is 6. The van der Waals surface area contributed by atoms with Gasteiger partial charge < -0.3 is 5.32 Å². The lowest BCUT2D eigenvalue weighted by molar-refractivity contribution is -0.118. The van der Waals surface area contributed by atoms with Crippen LogP contribution in [0.5, 0.6) is 0 Å². The maximum absolute atomic E-state index is 12.7. The Morgan fingerprint density at radius 3 is 2.45 bits per heavy atom. The Kier molecular flexibility index (Phi) is 5.55. The summed E-state index contributed by atoms with van der Waals surface area (Å²) in [6.07, 6.45) is 0. The van der Waals surface area contributed by atoms with Crippen LogP contribution in [0.15, 0.2) is 36.4 Å². The summed E-state index contributed by atoms with van der Waals surface area (Å²) in [6.45, 7) is 0.152. The molecule has 2 rings (SSSR count). The number of carbonyl (C=O) groups excluding carboxylic acids is 1. The van der Waals surface area contributed by atoms with Gasteiger partial charge in [-0.15, -0.1) is 11.3 Å². The monoisotopic (exact) mass is 361 g/mol. The molecule has 2 aromatic rings. The van der Waals surface area contributed by atoms with Crippen LogP contribution >= 0.6 is 22.9 Å². The lowest BCUT2D eigenvalue weighted by Gasteiger charge is -2.06. The van der Waals surface area contributed by atoms with Gasteiger partial charge in [-0.25, -0.2) is 12.8 Å². The molecule has 1 aromatic carbocycles. The van der Waals surface area contributed by atoms with Crippen LogP contribution in [0.2, 0.25) is 4.34 Å². The van der Waals surface area contributed by atoms with E-state index in [1.165, 1.54) is 35.6 Å². The van der Waals surface area contributed by atoms with Gasteiger partial charge in [0.1, 0.15) is 11.6 Å². The van der Waals surface area contributed by atoms with Crippen molar-refractivity contribution in [1.29, 1.82) is 0 Å². The predicted molar refractivity (Wildman–Crippen MR) is 85.1 cm³/mol. The van der Waals surface area contributed by atoms with Gasteiger partial charge in [0, 0.05) is 11.4 Å². The number of hydrogen-bond acceptors (Lipinski definition) is 4. The lowest BCUT2D eigenvalue weighted by Crippen LogP contribution is -2.30. The third-order valence-corrected chi connectivity index (χ3v) is 5.61. The summed E-state index contributed by atoms with van der Waals surface area (Å²) < 4.78 is 37.1. The highest BCUT2D eigenvalue weighted by molar-refractivity contribution is 7.91. The molecule has 1 aromatic heterocycles. The van der Waals surface area contributed by atoms with Gasteiger partial charge in [-0.3, -0.25) is 4.79 Å². The predicted octanol–water partition coefficient (Wildman–Crippen LogP) is 2.77. The van der Waals surface area contributed by atoms with Crippen molar-refractivity contribution < 1.29 is 17.6 Å². The molecule has 0 saturated heterocycles. The molecule has 0 saturated carbocycles. The Balaban J connectivity index is 1.86. The molecule has 0 atom stereocenters. The fourth-order valence-corrected chi connectivity index (χ4v) is 4.54. The van der Waals surface area contributed by atoms with E-state index in [-0.39, 0.29) is 18.1 Å². The average molecular weight is 362 g/mol. The molecule has 0 unspecified atom stereocenters. The van der Waals surface area contributed by atoms with E-state index in [1.54, 1.807) is 12.1 Å². The third kappa shape index (κ3) is 5.40.